The van der Waals surface area contributed by atoms with Gasteiger partial charge in [-0.15, -0.1) is 0 Å². The maximum atomic E-state index is 12.4. The number of nitrogens with zero attached hydrogens (tertiary/aromatic N) is 1. The van der Waals surface area contributed by atoms with Crippen LogP contribution < -0.4 is 10.6 Å². The minimum Gasteiger partial charge on any atom is -0.464 e. The molecule has 2 rings (SSSR count). The molecular weight excluding hydrogens is 324 g/mol. The monoisotopic (exact) mass is 344 g/mol. The number of hydrogen-bond acceptors (Lipinski definition) is 5. The third-order valence-electron chi connectivity index (χ3n) is 3.39. The quantitative estimate of drug-likeness (QED) is 0.721. The van der Waals surface area contributed by atoms with Crippen LogP contribution in [0.3, 0.4) is 0 Å². The molecule has 0 unspecified atom stereocenters. The molecule has 2 heterocycles. The Morgan fingerprint density at radius 2 is 1.92 bits per heavy atom. The Kier molecular flexibility index (Phi) is 5.53. The number of aryl methyl sites for hydroxylation is 1. The molecule has 25 heavy (non-hydrogen) atoms. The number of pyridine rings is 1. The lowest BCUT2D eigenvalue weighted by Gasteiger charge is -2.09. The van der Waals surface area contributed by atoms with Crippen LogP contribution in [0.4, 0.5) is 11.5 Å². The molecule has 2 amide bonds. The topological polar surface area (TPSA) is 113 Å². The zero-order chi connectivity index (χ0) is 18.6. The predicted octanol–water partition coefficient (Wildman–Crippen LogP) is 2.35. The molecular formula is C17H20N4O4. The van der Waals surface area contributed by atoms with Gasteiger partial charge in [-0.25, -0.2) is 9.78 Å². The first-order valence-electron chi connectivity index (χ1n) is 7.68. The number of anilines is 2. The number of aromatic amines is 1. The summed E-state index contributed by atoms with van der Waals surface area (Å²) < 4.78 is 4.68. The van der Waals surface area contributed by atoms with Gasteiger partial charge in [-0.2, -0.15) is 0 Å². The Labute approximate surface area is 145 Å². The van der Waals surface area contributed by atoms with E-state index in [-0.39, 0.29) is 23.3 Å². The van der Waals surface area contributed by atoms with E-state index < -0.39 is 11.9 Å². The standard InChI is InChI=1S/C17H20N4O4/c1-9(2)15(22)21-13-8-11(5-6-18-13)16(23)20-12-7-10(3)19-14(12)17(24)25-4/h5-9,19H,1-4H3,(H,20,23)(H,18,21,22). The highest BCUT2D eigenvalue weighted by atomic mass is 16.5. The lowest BCUT2D eigenvalue weighted by atomic mass is 10.2. The molecule has 132 valence electrons. The molecule has 0 aliphatic rings. The number of carbonyl (C=O) groups is 3. The molecule has 8 nitrogen and oxygen atoms in total. The van der Waals surface area contributed by atoms with Crippen LogP contribution in [0.2, 0.25) is 0 Å². The van der Waals surface area contributed by atoms with Crippen LogP contribution in [0, 0.1) is 12.8 Å². The van der Waals surface area contributed by atoms with Crippen molar-refractivity contribution in [2.45, 2.75) is 20.8 Å². The molecule has 0 saturated heterocycles. The van der Waals surface area contributed by atoms with Gasteiger partial charge >= 0.3 is 5.97 Å². The summed E-state index contributed by atoms with van der Waals surface area (Å²) in [6, 6.07) is 4.61. The van der Waals surface area contributed by atoms with Gasteiger partial charge in [-0.3, -0.25) is 9.59 Å². The van der Waals surface area contributed by atoms with E-state index in [1.807, 2.05) is 0 Å². The fourth-order valence-electron chi connectivity index (χ4n) is 2.06. The van der Waals surface area contributed by atoms with Crippen molar-refractivity contribution < 1.29 is 19.1 Å². The highest BCUT2D eigenvalue weighted by Crippen LogP contribution is 2.19. The Balaban J connectivity index is 2.19. The number of nitrogens with one attached hydrogen (secondary N) is 3. The van der Waals surface area contributed by atoms with Gasteiger partial charge in [0.2, 0.25) is 5.91 Å². The molecule has 0 spiro atoms. The number of aromatic nitrogens is 2. The molecule has 2 aromatic heterocycles. The molecule has 0 fully saturated rings. The normalized spacial score (nSPS) is 10.4. The summed E-state index contributed by atoms with van der Waals surface area (Å²) in [5, 5.41) is 5.29. The van der Waals surface area contributed by atoms with E-state index in [0.29, 0.717) is 16.9 Å². The summed E-state index contributed by atoms with van der Waals surface area (Å²) in [5.74, 6) is -1.14. The predicted molar refractivity (Wildman–Crippen MR) is 92.5 cm³/mol. The van der Waals surface area contributed by atoms with Crippen molar-refractivity contribution in [3.05, 3.63) is 41.3 Å². The van der Waals surface area contributed by atoms with Crippen molar-refractivity contribution in [2.24, 2.45) is 5.92 Å². The van der Waals surface area contributed by atoms with Gasteiger partial charge in [0, 0.05) is 23.4 Å². The van der Waals surface area contributed by atoms with Crippen molar-refractivity contribution in [3.63, 3.8) is 0 Å². The minimum absolute atomic E-state index is 0.163. The Bertz CT molecular complexity index is 811. The van der Waals surface area contributed by atoms with Crippen LogP contribution >= 0.6 is 0 Å². The Morgan fingerprint density at radius 3 is 2.56 bits per heavy atom. The summed E-state index contributed by atoms with van der Waals surface area (Å²) in [5.41, 5.74) is 1.48. The molecule has 2 aromatic rings. The number of methoxy groups -OCH3 is 1. The van der Waals surface area contributed by atoms with Crippen LogP contribution in [-0.4, -0.2) is 34.9 Å². The van der Waals surface area contributed by atoms with E-state index in [2.05, 4.69) is 25.3 Å². The second-order valence-electron chi connectivity index (χ2n) is 5.76. The number of esters is 1. The third kappa shape index (κ3) is 4.43. The molecule has 0 radical (unpaired) electrons. The summed E-state index contributed by atoms with van der Waals surface area (Å²) in [7, 11) is 1.26. The molecule has 0 bridgehead atoms. The van der Waals surface area contributed by atoms with Crippen molar-refractivity contribution in [3.8, 4) is 0 Å². The summed E-state index contributed by atoms with van der Waals surface area (Å²) in [4.78, 5) is 42.8. The molecule has 0 atom stereocenters. The van der Waals surface area contributed by atoms with Gasteiger partial charge in [0.25, 0.3) is 5.91 Å². The van der Waals surface area contributed by atoms with Crippen molar-refractivity contribution in [1.29, 1.82) is 0 Å². The molecule has 3 N–H and O–H groups in total. The average molecular weight is 344 g/mol. The van der Waals surface area contributed by atoms with Gasteiger partial charge in [-0.1, -0.05) is 13.8 Å². The zero-order valence-electron chi connectivity index (χ0n) is 14.5. The highest BCUT2D eigenvalue weighted by molar-refractivity contribution is 6.08. The van der Waals surface area contributed by atoms with Crippen LogP contribution in [0.15, 0.2) is 24.4 Å². The van der Waals surface area contributed by atoms with Crippen LogP contribution in [0.5, 0.6) is 0 Å². The minimum atomic E-state index is -0.581. The van der Waals surface area contributed by atoms with Gasteiger partial charge in [0.1, 0.15) is 11.5 Å². The van der Waals surface area contributed by atoms with Crippen molar-refractivity contribution in [1.82, 2.24) is 9.97 Å². The first-order chi connectivity index (χ1) is 11.8. The highest BCUT2D eigenvalue weighted by Gasteiger charge is 2.18. The van der Waals surface area contributed by atoms with E-state index in [9.17, 15) is 14.4 Å². The second kappa shape index (κ2) is 7.61. The van der Waals surface area contributed by atoms with Gasteiger partial charge < -0.3 is 20.4 Å². The van der Waals surface area contributed by atoms with Gasteiger partial charge in [-0.05, 0) is 25.1 Å². The molecule has 0 saturated carbocycles. The van der Waals surface area contributed by atoms with Crippen LogP contribution in [0.1, 0.15) is 40.4 Å². The fraction of sp³-hybridized carbons (Fsp3) is 0.294. The first kappa shape index (κ1) is 18.2. The number of hydrogen-bond donors (Lipinski definition) is 3. The SMILES string of the molecule is COC(=O)c1[nH]c(C)cc1NC(=O)c1ccnc(NC(=O)C(C)C)c1. The number of ether oxygens (including phenoxy) is 1. The lowest BCUT2D eigenvalue weighted by molar-refractivity contribution is -0.118. The maximum absolute atomic E-state index is 12.4. The zero-order valence-corrected chi connectivity index (χ0v) is 14.5. The number of H-pyrrole nitrogens is 1. The van der Waals surface area contributed by atoms with Gasteiger partial charge in [0.05, 0.1) is 12.8 Å². The molecule has 0 aliphatic carbocycles. The number of amides is 2. The lowest BCUT2D eigenvalue weighted by Crippen LogP contribution is -2.19. The van der Waals surface area contributed by atoms with E-state index in [4.69, 9.17) is 0 Å². The maximum Gasteiger partial charge on any atom is 0.356 e. The van der Waals surface area contributed by atoms with Crippen molar-refractivity contribution >= 4 is 29.3 Å². The third-order valence-corrected chi connectivity index (χ3v) is 3.39. The van der Waals surface area contributed by atoms with Gasteiger partial charge in [0.15, 0.2) is 0 Å². The van der Waals surface area contributed by atoms with Crippen molar-refractivity contribution in [2.75, 3.05) is 17.7 Å². The number of rotatable bonds is 5. The first-order valence-corrected chi connectivity index (χ1v) is 7.68. The van der Waals surface area contributed by atoms with Crippen LogP contribution in [-0.2, 0) is 9.53 Å². The van der Waals surface area contributed by atoms with E-state index in [1.165, 1.54) is 25.4 Å². The fourth-order valence-corrected chi connectivity index (χ4v) is 2.06. The Morgan fingerprint density at radius 1 is 1.20 bits per heavy atom. The van der Waals surface area contributed by atoms with E-state index >= 15 is 0 Å². The summed E-state index contributed by atoms with van der Waals surface area (Å²) in [6.07, 6.45) is 1.43. The molecule has 0 aliphatic heterocycles. The largest absolute Gasteiger partial charge is 0.464 e. The summed E-state index contributed by atoms with van der Waals surface area (Å²) >= 11 is 0. The molecule has 0 aromatic carbocycles. The smallest absolute Gasteiger partial charge is 0.356 e. The average Bonchev–Trinajstić information content (AvgIpc) is 2.94. The summed E-state index contributed by atoms with van der Waals surface area (Å²) in [6.45, 7) is 5.27. The van der Waals surface area contributed by atoms with E-state index in [0.717, 1.165) is 0 Å². The van der Waals surface area contributed by atoms with E-state index in [1.54, 1.807) is 26.8 Å². The molecule has 8 heteroatoms. The Hall–Kier alpha value is -3.16. The van der Waals surface area contributed by atoms with Crippen LogP contribution in [0.25, 0.3) is 0 Å². The second-order valence-corrected chi connectivity index (χ2v) is 5.76. The number of carbonyl (C=O) groups excluding carboxylic acids is 3.